The molecule has 1 atom stereocenters. The van der Waals surface area contributed by atoms with Gasteiger partial charge in [0, 0.05) is 26.4 Å². The molecule has 0 bridgehead atoms. The van der Waals surface area contributed by atoms with E-state index in [1.165, 1.54) is 12.3 Å². The van der Waals surface area contributed by atoms with E-state index in [1.54, 1.807) is 13.1 Å². The maximum absolute atomic E-state index is 13.0. The fraction of sp³-hybridized carbons (Fsp3) is 0.650. The number of nitrogens with one attached hydrogen (secondary N) is 1. The van der Waals surface area contributed by atoms with Gasteiger partial charge in [-0.05, 0) is 29.5 Å². The summed E-state index contributed by atoms with van der Waals surface area (Å²) in [6.45, 7) is 5.75. The molecule has 178 valence electrons. The van der Waals surface area contributed by atoms with Crippen LogP contribution in [0.25, 0.3) is 0 Å². The van der Waals surface area contributed by atoms with E-state index in [0.717, 1.165) is 12.1 Å². The minimum Gasteiger partial charge on any atom is -0.370 e. The van der Waals surface area contributed by atoms with Crippen LogP contribution in [0.2, 0.25) is 0 Å². The number of benzene rings is 1. The summed E-state index contributed by atoms with van der Waals surface area (Å²) in [7, 11) is -1.40. The summed E-state index contributed by atoms with van der Waals surface area (Å²) in [5.74, 6) is 0.720. The summed E-state index contributed by atoms with van der Waals surface area (Å²) in [5, 5.41) is 3.27. The van der Waals surface area contributed by atoms with Crippen molar-refractivity contribution in [2.45, 2.75) is 32.5 Å². The lowest BCUT2D eigenvalue weighted by Crippen LogP contribution is -2.50. The van der Waals surface area contributed by atoms with Crippen molar-refractivity contribution < 1.29 is 26.3 Å². The molecule has 1 aliphatic heterocycles. The number of morpholine rings is 1. The molecule has 0 aromatic heterocycles. The summed E-state index contributed by atoms with van der Waals surface area (Å²) in [5.41, 5.74) is -0.500. The van der Waals surface area contributed by atoms with Gasteiger partial charge in [-0.25, -0.2) is 8.42 Å². The van der Waals surface area contributed by atoms with Gasteiger partial charge >= 0.3 is 6.18 Å². The van der Waals surface area contributed by atoms with Crippen LogP contribution < -0.4 is 5.32 Å². The maximum atomic E-state index is 13.0. The van der Waals surface area contributed by atoms with Crippen LogP contribution in [0.3, 0.4) is 0 Å². The van der Waals surface area contributed by atoms with E-state index in [2.05, 4.69) is 10.3 Å². The van der Waals surface area contributed by atoms with Gasteiger partial charge in [-0.3, -0.25) is 4.99 Å². The van der Waals surface area contributed by atoms with Crippen LogP contribution in [0.15, 0.2) is 29.3 Å². The third kappa shape index (κ3) is 9.13. The first-order valence-corrected chi connectivity index (χ1v) is 11.8. The first-order valence-electron chi connectivity index (χ1n) is 9.73. The van der Waals surface area contributed by atoms with E-state index < -0.39 is 27.7 Å². The fourth-order valence-corrected chi connectivity index (χ4v) is 4.08. The standard InChI is InChI=1S/C20H30F3N3O3S.HI/c1-19(2,8-11-30(4,27)28)14-25-18(24-3)26-9-10-29-17(13-26)15-6-5-7-16(12-15)20(21,22)23;/h5-7,12,17H,8-11,13-14H2,1-4H3,(H,24,25);1H. The highest BCUT2D eigenvalue weighted by Gasteiger charge is 2.32. The van der Waals surface area contributed by atoms with Crippen molar-refractivity contribution in [3.63, 3.8) is 0 Å². The Hall–Kier alpha value is -1.08. The molecular formula is C20H31F3IN3O3S. The highest BCUT2D eigenvalue weighted by atomic mass is 127. The van der Waals surface area contributed by atoms with Crippen LogP contribution in [0.5, 0.6) is 0 Å². The number of hydrogen-bond acceptors (Lipinski definition) is 4. The second-order valence-corrected chi connectivity index (χ2v) is 10.6. The lowest BCUT2D eigenvalue weighted by molar-refractivity contribution is -0.137. The molecule has 0 radical (unpaired) electrons. The van der Waals surface area contributed by atoms with Crippen molar-refractivity contribution in [2.24, 2.45) is 10.4 Å². The predicted molar refractivity (Wildman–Crippen MR) is 127 cm³/mol. The second-order valence-electron chi connectivity index (χ2n) is 8.37. The Bertz CT molecular complexity index is 861. The van der Waals surface area contributed by atoms with Gasteiger partial charge in [0.25, 0.3) is 0 Å². The summed E-state index contributed by atoms with van der Waals surface area (Å²) in [4.78, 5) is 6.23. The highest BCUT2D eigenvalue weighted by Crippen LogP contribution is 2.32. The molecule has 1 aromatic carbocycles. The van der Waals surface area contributed by atoms with E-state index in [0.29, 0.717) is 44.2 Å². The van der Waals surface area contributed by atoms with E-state index in [-0.39, 0.29) is 35.1 Å². The van der Waals surface area contributed by atoms with Gasteiger partial charge in [-0.15, -0.1) is 24.0 Å². The van der Waals surface area contributed by atoms with Gasteiger partial charge < -0.3 is 15.0 Å². The predicted octanol–water partition coefficient (Wildman–Crippen LogP) is 3.73. The fourth-order valence-electron chi connectivity index (χ4n) is 3.16. The van der Waals surface area contributed by atoms with Crippen molar-refractivity contribution >= 4 is 39.8 Å². The number of hydrogen-bond donors (Lipinski definition) is 1. The molecule has 1 N–H and O–H groups in total. The topological polar surface area (TPSA) is 71.0 Å². The Balaban J connectivity index is 0.00000480. The Labute approximate surface area is 199 Å². The molecule has 0 amide bonds. The zero-order chi connectivity index (χ0) is 22.6. The maximum Gasteiger partial charge on any atom is 0.416 e. The monoisotopic (exact) mass is 577 g/mol. The number of ether oxygens (including phenoxy) is 1. The molecule has 0 aliphatic carbocycles. The summed E-state index contributed by atoms with van der Waals surface area (Å²) >= 11 is 0. The minimum atomic E-state index is -4.40. The number of sulfone groups is 1. The number of guanidine groups is 1. The van der Waals surface area contributed by atoms with E-state index >= 15 is 0 Å². The van der Waals surface area contributed by atoms with Crippen molar-refractivity contribution in [3.05, 3.63) is 35.4 Å². The molecular weight excluding hydrogens is 546 g/mol. The van der Waals surface area contributed by atoms with Crippen LogP contribution in [-0.4, -0.2) is 64.6 Å². The van der Waals surface area contributed by atoms with Crippen LogP contribution >= 0.6 is 24.0 Å². The van der Waals surface area contributed by atoms with E-state index in [4.69, 9.17) is 4.74 Å². The molecule has 6 nitrogen and oxygen atoms in total. The highest BCUT2D eigenvalue weighted by molar-refractivity contribution is 14.0. The molecule has 11 heteroatoms. The van der Waals surface area contributed by atoms with Crippen molar-refractivity contribution in [1.29, 1.82) is 0 Å². The van der Waals surface area contributed by atoms with E-state index in [1.807, 2.05) is 18.7 Å². The number of rotatable bonds is 6. The van der Waals surface area contributed by atoms with Crippen molar-refractivity contribution in [3.8, 4) is 0 Å². The first-order chi connectivity index (χ1) is 13.8. The summed E-state index contributed by atoms with van der Waals surface area (Å²) < 4.78 is 67.7. The van der Waals surface area contributed by atoms with Crippen molar-refractivity contribution in [2.75, 3.05) is 45.3 Å². The van der Waals surface area contributed by atoms with Crippen molar-refractivity contribution in [1.82, 2.24) is 10.2 Å². The normalized spacial score (nSPS) is 18.5. The Morgan fingerprint density at radius 1 is 1.32 bits per heavy atom. The van der Waals surface area contributed by atoms with Gasteiger partial charge in [0.2, 0.25) is 0 Å². The second kappa shape index (κ2) is 11.2. The van der Waals surface area contributed by atoms with Gasteiger partial charge in [0.15, 0.2) is 5.96 Å². The molecule has 1 unspecified atom stereocenters. The summed E-state index contributed by atoms with van der Waals surface area (Å²) in [6, 6.07) is 5.19. The third-order valence-corrected chi connectivity index (χ3v) is 5.98. The lowest BCUT2D eigenvalue weighted by Gasteiger charge is -2.36. The molecule has 31 heavy (non-hydrogen) atoms. The van der Waals surface area contributed by atoms with Crippen LogP contribution in [0, 0.1) is 5.41 Å². The van der Waals surface area contributed by atoms with Gasteiger partial charge in [-0.1, -0.05) is 26.0 Å². The molecule has 1 heterocycles. The number of nitrogens with zero attached hydrogens (tertiary/aromatic N) is 2. The molecule has 1 aromatic rings. The third-order valence-electron chi connectivity index (χ3n) is 5.04. The van der Waals surface area contributed by atoms with Gasteiger partial charge in [-0.2, -0.15) is 13.2 Å². The van der Waals surface area contributed by atoms with Gasteiger partial charge in [0.1, 0.15) is 15.9 Å². The average molecular weight is 577 g/mol. The zero-order valence-corrected chi connectivity index (χ0v) is 21.3. The smallest absolute Gasteiger partial charge is 0.370 e. The van der Waals surface area contributed by atoms with Crippen LogP contribution in [0.1, 0.15) is 37.5 Å². The first kappa shape index (κ1) is 28.0. The van der Waals surface area contributed by atoms with E-state index in [9.17, 15) is 21.6 Å². The minimum absolute atomic E-state index is 0. The average Bonchev–Trinajstić information content (AvgIpc) is 2.66. The number of halogens is 4. The lowest BCUT2D eigenvalue weighted by atomic mass is 9.90. The Kier molecular flexibility index (Phi) is 10.1. The molecule has 0 spiro atoms. The Morgan fingerprint density at radius 3 is 2.58 bits per heavy atom. The molecule has 0 saturated carbocycles. The number of aliphatic imine (C=N–C) groups is 1. The zero-order valence-electron chi connectivity index (χ0n) is 18.2. The molecule has 1 aliphatic rings. The van der Waals surface area contributed by atoms with Crippen LogP contribution in [-0.2, 0) is 20.8 Å². The quantitative estimate of drug-likeness (QED) is 0.317. The Morgan fingerprint density at radius 2 is 2.00 bits per heavy atom. The SMILES string of the molecule is CN=C(NCC(C)(C)CCS(C)(=O)=O)N1CCOC(c2cccc(C(F)(F)F)c2)C1.I. The molecule has 1 saturated heterocycles. The van der Waals surface area contributed by atoms with Gasteiger partial charge in [0.05, 0.1) is 24.5 Å². The molecule has 2 rings (SSSR count). The summed E-state index contributed by atoms with van der Waals surface area (Å²) in [6.07, 6.45) is -3.18. The largest absolute Gasteiger partial charge is 0.416 e. The number of alkyl halides is 3. The van der Waals surface area contributed by atoms with Crippen LogP contribution in [0.4, 0.5) is 13.2 Å². The molecule has 1 fully saturated rings.